The van der Waals surface area contributed by atoms with Crippen molar-refractivity contribution >= 4 is 75.0 Å². The smallest absolute Gasteiger partial charge is 0.164 e. The highest BCUT2D eigenvalue weighted by Crippen LogP contribution is 2.44. The van der Waals surface area contributed by atoms with E-state index in [1.807, 2.05) is 36.4 Å². The number of benzene rings is 8. The van der Waals surface area contributed by atoms with Gasteiger partial charge in [-0.25, -0.2) is 15.0 Å². The van der Waals surface area contributed by atoms with Gasteiger partial charge in [0.15, 0.2) is 17.5 Å². The maximum absolute atomic E-state index is 6.70. The van der Waals surface area contributed by atoms with Gasteiger partial charge in [-0.1, -0.05) is 133 Å². The Labute approximate surface area is 302 Å². The molecule has 0 fully saturated rings. The molecular weight excluding hydrogens is 655 g/mol. The molecule has 0 aliphatic rings. The highest BCUT2D eigenvalue weighted by molar-refractivity contribution is 7.25. The number of hydrogen-bond donors (Lipinski definition) is 0. The van der Waals surface area contributed by atoms with Gasteiger partial charge in [-0.2, -0.15) is 0 Å². The van der Waals surface area contributed by atoms with Crippen LogP contribution in [0.4, 0.5) is 0 Å². The Bertz CT molecular complexity index is 3200. The Kier molecular flexibility index (Phi) is 6.39. The molecule has 0 amide bonds. The Morgan fingerprint density at radius 2 is 1.02 bits per heavy atom. The number of aromatic nitrogens is 3. The monoisotopic (exact) mass is 681 g/mol. The zero-order valence-electron chi connectivity index (χ0n) is 27.7. The second-order valence-corrected chi connectivity index (χ2v) is 14.3. The molecule has 0 aliphatic heterocycles. The second kappa shape index (κ2) is 11.4. The number of para-hydroxylation sites is 1. The van der Waals surface area contributed by atoms with Crippen LogP contribution in [0.3, 0.4) is 0 Å². The summed E-state index contributed by atoms with van der Waals surface area (Å²) in [4.78, 5) is 15.3. The molecule has 11 rings (SSSR count). The topological polar surface area (TPSA) is 51.8 Å². The molecule has 242 valence electrons. The average Bonchev–Trinajstić information content (AvgIpc) is 3.79. The van der Waals surface area contributed by atoms with Crippen molar-refractivity contribution in [2.45, 2.75) is 0 Å². The minimum atomic E-state index is 0.627. The van der Waals surface area contributed by atoms with Gasteiger partial charge in [0.05, 0.1) is 0 Å². The van der Waals surface area contributed by atoms with E-state index >= 15 is 0 Å². The molecule has 5 heteroatoms. The first kappa shape index (κ1) is 29.1. The van der Waals surface area contributed by atoms with Crippen LogP contribution >= 0.6 is 11.3 Å². The Hall–Kier alpha value is -6.69. The molecule has 0 spiro atoms. The van der Waals surface area contributed by atoms with E-state index in [1.165, 1.54) is 30.9 Å². The van der Waals surface area contributed by atoms with Gasteiger partial charge in [-0.15, -0.1) is 11.3 Å². The second-order valence-electron chi connectivity index (χ2n) is 13.2. The summed E-state index contributed by atoms with van der Waals surface area (Å²) in [5.74, 6) is 1.92. The quantitative estimate of drug-likeness (QED) is 0.174. The van der Waals surface area contributed by atoms with Gasteiger partial charge in [0.1, 0.15) is 11.2 Å². The molecular formula is C47H27N3OS. The molecule has 11 aromatic rings. The fourth-order valence-corrected chi connectivity index (χ4v) is 8.79. The number of fused-ring (bicyclic) bond motifs is 10. The van der Waals surface area contributed by atoms with E-state index in [0.717, 1.165) is 60.5 Å². The molecule has 0 radical (unpaired) electrons. The zero-order chi connectivity index (χ0) is 34.2. The van der Waals surface area contributed by atoms with Crippen LogP contribution < -0.4 is 0 Å². The Morgan fingerprint density at radius 1 is 0.385 bits per heavy atom. The first-order valence-corrected chi connectivity index (χ1v) is 18.2. The minimum absolute atomic E-state index is 0.627. The maximum Gasteiger partial charge on any atom is 0.164 e. The zero-order valence-corrected chi connectivity index (χ0v) is 28.6. The van der Waals surface area contributed by atoms with Crippen molar-refractivity contribution in [2.75, 3.05) is 0 Å². The number of nitrogens with zero attached hydrogens (tertiary/aromatic N) is 3. The van der Waals surface area contributed by atoms with Crippen LogP contribution in [0.2, 0.25) is 0 Å². The van der Waals surface area contributed by atoms with E-state index in [1.54, 1.807) is 11.3 Å². The van der Waals surface area contributed by atoms with Crippen LogP contribution in [-0.2, 0) is 0 Å². The Balaban J connectivity index is 1.12. The molecule has 3 heterocycles. The SMILES string of the molecule is c1ccc(-c2nc(-c3cccc(-c4cc5ccc6ccccc6c5c5oc6ccccc6c45)c3)nc(-c3ccc4c(c3)sc3ccccc34)n2)cc1. The van der Waals surface area contributed by atoms with Crippen LogP contribution in [0.15, 0.2) is 168 Å². The lowest BCUT2D eigenvalue weighted by molar-refractivity contribution is 0.673. The molecule has 0 N–H and O–H groups in total. The average molecular weight is 682 g/mol. The fraction of sp³-hybridized carbons (Fsp3) is 0. The summed E-state index contributed by atoms with van der Waals surface area (Å²) in [7, 11) is 0. The fourth-order valence-electron chi connectivity index (χ4n) is 7.65. The standard InChI is InChI=1S/C47H27N3OS/c1-2-12-29(13-3-1)45-48-46(50-47(49-45)33-23-24-36-35-17-7-9-20-40(35)52-41(36)27-33)32-15-10-14-30(25-32)38-26-31-22-21-28-11-4-5-16-34(28)42(31)44-43(38)37-18-6-8-19-39(37)51-44/h1-27H. The molecule has 0 unspecified atom stereocenters. The summed E-state index contributed by atoms with van der Waals surface area (Å²) in [6.07, 6.45) is 0. The lowest BCUT2D eigenvalue weighted by Gasteiger charge is -2.12. The summed E-state index contributed by atoms with van der Waals surface area (Å²) >= 11 is 1.80. The molecule has 0 atom stereocenters. The third-order valence-corrected chi connectivity index (χ3v) is 11.2. The van der Waals surface area contributed by atoms with Gasteiger partial charge in [-0.05, 0) is 57.6 Å². The summed E-state index contributed by atoms with van der Waals surface area (Å²) < 4.78 is 9.18. The summed E-state index contributed by atoms with van der Waals surface area (Å²) in [6.45, 7) is 0. The van der Waals surface area contributed by atoms with Crippen molar-refractivity contribution in [2.24, 2.45) is 0 Å². The normalized spacial score (nSPS) is 11.8. The third-order valence-electron chi connectivity index (χ3n) is 10.1. The van der Waals surface area contributed by atoms with Crippen molar-refractivity contribution < 1.29 is 4.42 Å². The molecule has 52 heavy (non-hydrogen) atoms. The van der Waals surface area contributed by atoms with E-state index in [9.17, 15) is 0 Å². The summed E-state index contributed by atoms with van der Waals surface area (Å²) in [5.41, 5.74) is 6.78. The maximum atomic E-state index is 6.70. The summed E-state index contributed by atoms with van der Waals surface area (Å²) in [5, 5.41) is 9.37. The van der Waals surface area contributed by atoms with Crippen molar-refractivity contribution in [3.63, 3.8) is 0 Å². The van der Waals surface area contributed by atoms with Crippen LogP contribution in [0, 0.1) is 0 Å². The largest absolute Gasteiger partial charge is 0.455 e. The highest BCUT2D eigenvalue weighted by atomic mass is 32.1. The van der Waals surface area contributed by atoms with Gasteiger partial charge in [0.25, 0.3) is 0 Å². The van der Waals surface area contributed by atoms with Gasteiger partial charge in [0.2, 0.25) is 0 Å². The summed E-state index contributed by atoms with van der Waals surface area (Å²) in [6, 6.07) is 57.4. The van der Waals surface area contributed by atoms with E-state index in [4.69, 9.17) is 19.4 Å². The number of thiophene rings is 1. The molecule has 0 saturated carbocycles. The predicted molar refractivity (Wildman–Crippen MR) is 217 cm³/mol. The Morgan fingerprint density at radius 3 is 1.88 bits per heavy atom. The number of hydrogen-bond acceptors (Lipinski definition) is 5. The van der Waals surface area contributed by atoms with E-state index in [2.05, 4.69) is 127 Å². The van der Waals surface area contributed by atoms with Gasteiger partial charge in [-0.3, -0.25) is 0 Å². The van der Waals surface area contributed by atoms with Crippen molar-refractivity contribution in [3.8, 4) is 45.3 Å². The van der Waals surface area contributed by atoms with E-state index in [-0.39, 0.29) is 0 Å². The molecule has 8 aromatic carbocycles. The van der Waals surface area contributed by atoms with E-state index < -0.39 is 0 Å². The van der Waals surface area contributed by atoms with Crippen LogP contribution in [0.1, 0.15) is 0 Å². The first-order valence-electron chi connectivity index (χ1n) is 17.3. The van der Waals surface area contributed by atoms with Crippen LogP contribution in [0.5, 0.6) is 0 Å². The molecule has 0 bridgehead atoms. The highest BCUT2D eigenvalue weighted by Gasteiger charge is 2.19. The first-order chi connectivity index (χ1) is 25.7. The molecule has 0 aliphatic carbocycles. The van der Waals surface area contributed by atoms with Gasteiger partial charge < -0.3 is 4.42 Å². The van der Waals surface area contributed by atoms with Gasteiger partial charge >= 0.3 is 0 Å². The minimum Gasteiger partial charge on any atom is -0.455 e. The van der Waals surface area contributed by atoms with Crippen molar-refractivity contribution in [3.05, 3.63) is 164 Å². The third kappa shape index (κ3) is 4.57. The molecule has 4 nitrogen and oxygen atoms in total. The van der Waals surface area contributed by atoms with Crippen molar-refractivity contribution in [1.82, 2.24) is 15.0 Å². The van der Waals surface area contributed by atoms with Crippen LogP contribution in [-0.4, -0.2) is 15.0 Å². The van der Waals surface area contributed by atoms with Crippen molar-refractivity contribution in [1.29, 1.82) is 0 Å². The van der Waals surface area contributed by atoms with E-state index in [0.29, 0.717) is 17.5 Å². The lowest BCUT2D eigenvalue weighted by Crippen LogP contribution is -2.00. The van der Waals surface area contributed by atoms with Crippen LogP contribution in [0.25, 0.3) is 109 Å². The lowest BCUT2D eigenvalue weighted by atomic mass is 9.92. The van der Waals surface area contributed by atoms with Gasteiger partial charge in [0, 0.05) is 53.0 Å². The predicted octanol–water partition coefficient (Wildman–Crippen LogP) is 13.1. The number of furan rings is 1. The molecule has 3 aromatic heterocycles. The molecule has 0 saturated heterocycles. The number of rotatable bonds is 4.